The number of benzene rings is 1. The van der Waals surface area contributed by atoms with Crippen molar-refractivity contribution in [1.82, 2.24) is 10.3 Å². The van der Waals surface area contributed by atoms with Gasteiger partial charge in [-0.3, -0.25) is 4.79 Å². The number of hydrogen-bond acceptors (Lipinski definition) is 4. The lowest BCUT2D eigenvalue weighted by Gasteiger charge is -2.28. The molecule has 4 nitrogen and oxygen atoms in total. The first-order valence-electron chi connectivity index (χ1n) is 6.78. The average Bonchev–Trinajstić information content (AvgIpc) is 3.10. The van der Waals surface area contributed by atoms with Gasteiger partial charge in [0.05, 0.1) is 5.54 Å². The van der Waals surface area contributed by atoms with Crippen LogP contribution in [-0.2, 0) is 5.54 Å². The molecule has 1 fully saturated rings. The number of anilines is 1. The Morgan fingerprint density at radius 1 is 1.27 bits per heavy atom. The third kappa shape index (κ3) is 3.72. The van der Waals surface area contributed by atoms with Crippen molar-refractivity contribution in [2.45, 2.75) is 31.2 Å². The summed E-state index contributed by atoms with van der Waals surface area (Å²) < 4.78 is 0. The van der Waals surface area contributed by atoms with Crippen LogP contribution in [0.4, 0.5) is 5.69 Å². The highest BCUT2D eigenvalue weighted by Crippen LogP contribution is 2.39. The van der Waals surface area contributed by atoms with Crippen LogP contribution in [0.3, 0.4) is 0 Å². The van der Waals surface area contributed by atoms with E-state index in [1.54, 1.807) is 41.8 Å². The Kier molecular flexibility index (Phi) is 6.66. The molecule has 0 aliphatic heterocycles. The number of carbonyl (C=O) groups excluding carboxylic acids is 1. The number of rotatable bonds is 3. The van der Waals surface area contributed by atoms with E-state index >= 15 is 0 Å². The molecule has 0 spiro atoms. The van der Waals surface area contributed by atoms with Crippen molar-refractivity contribution in [3.63, 3.8) is 0 Å². The standard InChI is InChI=1S/C15H17N3OS.2ClH/c16-12-5-3-4-11(10-12)13(19)18-15(6-1-2-7-15)14-17-8-9-20-14;;/h3-5,8-10H,1-2,6-7,16H2,(H,18,19);2*1H. The third-order valence-corrected chi connectivity index (χ3v) is 4.78. The van der Waals surface area contributed by atoms with Gasteiger partial charge >= 0.3 is 0 Å². The number of hydrogen-bond donors (Lipinski definition) is 2. The summed E-state index contributed by atoms with van der Waals surface area (Å²) in [5, 5.41) is 6.16. The van der Waals surface area contributed by atoms with Crippen LogP contribution in [0.15, 0.2) is 35.8 Å². The van der Waals surface area contributed by atoms with E-state index in [1.165, 1.54) is 0 Å². The lowest BCUT2D eigenvalue weighted by atomic mass is 9.97. The van der Waals surface area contributed by atoms with E-state index in [0.717, 1.165) is 30.7 Å². The molecular weight excluding hydrogens is 341 g/mol. The summed E-state index contributed by atoms with van der Waals surface area (Å²) in [6.45, 7) is 0. The van der Waals surface area contributed by atoms with Gasteiger partial charge in [0.2, 0.25) is 0 Å². The van der Waals surface area contributed by atoms with Crippen molar-refractivity contribution >= 4 is 47.7 Å². The normalized spacial score (nSPS) is 15.5. The van der Waals surface area contributed by atoms with Crippen molar-refractivity contribution < 1.29 is 4.79 Å². The number of nitrogen functional groups attached to an aromatic ring is 1. The number of amides is 1. The van der Waals surface area contributed by atoms with Crippen molar-refractivity contribution in [2.24, 2.45) is 0 Å². The molecule has 0 atom stereocenters. The van der Waals surface area contributed by atoms with Crippen LogP contribution < -0.4 is 11.1 Å². The summed E-state index contributed by atoms with van der Waals surface area (Å²) in [7, 11) is 0. The lowest BCUT2D eigenvalue weighted by molar-refractivity contribution is 0.0898. The van der Waals surface area contributed by atoms with Crippen LogP contribution in [0, 0.1) is 0 Å². The Balaban J connectivity index is 0.00000121. The molecule has 1 amide bonds. The van der Waals surface area contributed by atoms with Crippen molar-refractivity contribution in [3.05, 3.63) is 46.4 Å². The zero-order valence-corrected chi connectivity index (χ0v) is 14.4. The second-order valence-corrected chi connectivity index (χ2v) is 6.10. The van der Waals surface area contributed by atoms with Crippen LogP contribution in [0.2, 0.25) is 0 Å². The van der Waals surface area contributed by atoms with Gasteiger partial charge in [-0.05, 0) is 31.0 Å². The molecule has 0 unspecified atom stereocenters. The molecule has 7 heteroatoms. The van der Waals surface area contributed by atoms with E-state index in [0.29, 0.717) is 11.3 Å². The first kappa shape index (κ1) is 18.7. The summed E-state index contributed by atoms with van der Waals surface area (Å²) >= 11 is 1.61. The molecule has 0 radical (unpaired) electrons. The molecule has 1 aromatic carbocycles. The molecule has 1 heterocycles. The van der Waals surface area contributed by atoms with Crippen LogP contribution >= 0.6 is 36.2 Å². The number of carbonyl (C=O) groups is 1. The smallest absolute Gasteiger partial charge is 0.252 e. The molecule has 1 saturated carbocycles. The Labute approximate surface area is 146 Å². The number of nitrogens with one attached hydrogen (secondary N) is 1. The van der Waals surface area contributed by atoms with Gasteiger partial charge < -0.3 is 11.1 Å². The zero-order chi connectivity index (χ0) is 14.0. The molecule has 1 aromatic heterocycles. The van der Waals surface area contributed by atoms with Gasteiger partial charge in [-0.25, -0.2) is 4.98 Å². The Morgan fingerprint density at radius 3 is 2.59 bits per heavy atom. The Hall–Kier alpha value is -1.30. The largest absolute Gasteiger partial charge is 0.399 e. The minimum Gasteiger partial charge on any atom is -0.399 e. The molecule has 0 bridgehead atoms. The molecule has 2 aromatic rings. The van der Waals surface area contributed by atoms with Gasteiger partial charge in [-0.15, -0.1) is 36.2 Å². The summed E-state index contributed by atoms with van der Waals surface area (Å²) in [6, 6.07) is 7.08. The lowest BCUT2D eigenvalue weighted by Crippen LogP contribution is -2.43. The molecule has 3 rings (SSSR count). The maximum atomic E-state index is 12.5. The van der Waals surface area contributed by atoms with Gasteiger partial charge in [0.1, 0.15) is 5.01 Å². The summed E-state index contributed by atoms with van der Waals surface area (Å²) in [5.74, 6) is -0.0746. The maximum Gasteiger partial charge on any atom is 0.252 e. The number of nitrogens with two attached hydrogens (primary N) is 1. The quantitative estimate of drug-likeness (QED) is 0.819. The van der Waals surface area contributed by atoms with Gasteiger partial charge in [0, 0.05) is 22.8 Å². The maximum absolute atomic E-state index is 12.5. The molecule has 120 valence electrons. The Morgan fingerprint density at radius 2 is 2.00 bits per heavy atom. The molecule has 1 aliphatic carbocycles. The van der Waals surface area contributed by atoms with E-state index in [4.69, 9.17) is 5.73 Å². The third-order valence-electron chi connectivity index (χ3n) is 3.80. The highest BCUT2D eigenvalue weighted by Gasteiger charge is 2.39. The number of halogens is 2. The SMILES string of the molecule is Cl.Cl.Nc1cccc(C(=O)NC2(c3nccs3)CCCC2)c1. The molecule has 3 N–H and O–H groups in total. The van der Waals surface area contributed by atoms with Gasteiger partial charge in [0.15, 0.2) is 0 Å². The minimum atomic E-state index is -0.296. The van der Waals surface area contributed by atoms with Crippen LogP contribution in [0.25, 0.3) is 0 Å². The first-order chi connectivity index (χ1) is 9.70. The fraction of sp³-hybridized carbons (Fsp3) is 0.333. The van der Waals surface area contributed by atoms with Crippen molar-refractivity contribution in [3.8, 4) is 0 Å². The molecule has 1 aliphatic rings. The van der Waals surface area contributed by atoms with E-state index in [1.807, 2.05) is 5.38 Å². The summed E-state index contributed by atoms with van der Waals surface area (Å²) in [4.78, 5) is 16.9. The molecule has 0 saturated heterocycles. The Bertz CT molecular complexity index is 613. The first-order valence-corrected chi connectivity index (χ1v) is 7.66. The highest BCUT2D eigenvalue weighted by atomic mass is 35.5. The molecule has 22 heavy (non-hydrogen) atoms. The molecular formula is C15H19Cl2N3OS. The summed E-state index contributed by atoms with van der Waals surface area (Å²) in [5.41, 5.74) is 6.65. The average molecular weight is 360 g/mol. The van der Waals surface area contributed by atoms with Gasteiger partial charge in [-0.2, -0.15) is 0 Å². The topological polar surface area (TPSA) is 68.0 Å². The fourth-order valence-corrected chi connectivity index (χ4v) is 3.65. The van der Waals surface area contributed by atoms with Gasteiger partial charge in [0.25, 0.3) is 5.91 Å². The fourth-order valence-electron chi connectivity index (χ4n) is 2.80. The van der Waals surface area contributed by atoms with E-state index in [9.17, 15) is 4.79 Å². The van der Waals surface area contributed by atoms with Crippen molar-refractivity contribution in [2.75, 3.05) is 5.73 Å². The van der Waals surface area contributed by atoms with E-state index in [2.05, 4.69) is 10.3 Å². The van der Waals surface area contributed by atoms with Crippen LogP contribution in [0.1, 0.15) is 41.0 Å². The van der Waals surface area contributed by atoms with E-state index in [-0.39, 0.29) is 36.3 Å². The second kappa shape index (κ2) is 7.81. The second-order valence-electron chi connectivity index (χ2n) is 5.21. The minimum absolute atomic E-state index is 0. The number of aromatic nitrogens is 1. The van der Waals surface area contributed by atoms with Crippen LogP contribution in [-0.4, -0.2) is 10.9 Å². The van der Waals surface area contributed by atoms with E-state index < -0.39 is 0 Å². The predicted molar refractivity (Wildman–Crippen MR) is 95.1 cm³/mol. The van der Waals surface area contributed by atoms with Gasteiger partial charge in [-0.1, -0.05) is 18.9 Å². The summed E-state index contributed by atoms with van der Waals surface area (Å²) in [6.07, 6.45) is 5.95. The predicted octanol–water partition coefficient (Wildman–Crippen LogP) is 3.77. The van der Waals surface area contributed by atoms with Crippen molar-refractivity contribution in [1.29, 1.82) is 0 Å². The zero-order valence-electron chi connectivity index (χ0n) is 12.0. The number of thiazole rings is 1. The highest BCUT2D eigenvalue weighted by molar-refractivity contribution is 7.09. The monoisotopic (exact) mass is 359 g/mol. The number of nitrogens with zero attached hydrogens (tertiary/aromatic N) is 1. The van der Waals surface area contributed by atoms with Crippen LogP contribution in [0.5, 0.6) is 0 Å².